The van der Waals surface area contributed by atoms with Gasteiger partial charge in [0, 0.05) is 32.7 Å². The van der Waals surface area contributed by atoms with E-state index < -0.39 is 0 Å². The zero-order valence-corrected chi connectivity index (χ0v) is 12.4. The van der Waals surface area contributed by atoms with Crippen molar-refractivity contribution in [3.8, 4) is 0 Å². The predicted molar refractivity (Wildman–Crippen MR) is 54.9 cm³/mol. The molecule has 1 aliphatic rings. The van der Waals surface area contributed by atoms with Gasteiger partial charge in [-0.25, -0.2) is 0 Å². The van der Waals surface area contributed by atoms with Crippen LogP contribution in [0.3, 0.4) is 0 Å². The fourth-order valence-corrected chi connectivity index (χ4v) is 2.19. The second-order valence-electron chi connectivity index (χ2n) is 2.41. The van der Waals surface area contributed by atoms with E-state index in [2.05, 4.69) is 20.1 Å². The number of nitrogens with zero attached hydrogens (tertiary/aromatic N) is 1. The SMILES string of the molecule is NCC1C[CH-]N(PP)C1.O=CO.[Y]. The van der Waals surface area contributed by atoms with Crippen LogP contribution in [0.2, 0.25) is 0 Å². The van der Waals surface area contributed by atoms with E-state index in [1.54, 1.807) is 0 Å². The van der Waals surface area contributed by atoms with Gasteiger partial charge < -0.3 is 15.5 Å². The molecule has 1 fully saturated rings. The van der Waals surface area contributed by atoms with E-state index in [1.807, 2.05) is 0 Å². The Balaban J connectivity index is 0. The first-order chi connectivity index (χ1) is 5.78. The molecule has 1 radical (unpaired) electrons. The average molecular weight is 298 g/mol. The molecule has 0 aromatic carbocycles. The normalized spacial score (nSPS) is 22.2. The van der Waals surface area contributed by atoms with Crippen molar-refractivity contribution in [2.45, 2.75) is 6.42 Å². The van der Waals surface area contributed by atoms with Gasteiger partial charge in [-0.15, -0.1) is 8.93 Å². The minimum Gasteiger partial charge on any atom is -0.483 e. The van der Waals surface area contributed by atoms with E-state index in [9.17, 15) is 0 Å². The summed E-state index contributed by atoms with van der Waals surface area (Å²) in [6.07, 6.45) is 1.18. The molecule has 1 rings (SSSR count). The van der Waals surface area contributed by atoms with E-state index in [4.69, 9.17) is 15.6 Å². The zero-order chi connectivity index (χ0) is 9.40. The predicted octanol–water partition coefficient (Wildman–Crippen LogP) is 0.511. The number of carbonyl (C=O) groups is 1. The maximum absolute atomic E-state index is 8.36. The monoisotopic (exact) mass is 298 g/mol. The van der Waals surface area contributed by atoms with Gasteiger partial charge >= 0.3 is 0 Å². The van der Waals surface area contributed by atoms with Gasteiger partial charge in [0.15, 0.2) is 0 Å². The van der Waals surface area contributed by atoms with Gasteiger partial charge in [0.2, 0.25) is 0 Å². The third kappa shape index (κ3) is 8.36. The molecule has 1 saturated heterocycles. The van der Waals surface area contributed by atoms with Crippen molar-refractivity contribution in [1.82, 2.24) is 4.67 Å². The van der Waals surface area contributed by atoms with Crippen molar-refractivity contribution in [1.29, 1.82) is 0 Å². The Labute approximate surface area is 108 Å². The van der Waals surface area contributed by atoms with Crippen LogP contribution in [0.5, 0.6) is 0 Å². The summed E-state index contributed by atoms with van der Waals surface area (Å²) in [7, 11) is 3.58. The fourth-order valence-electron chi connectivity index (χ4n) is 0.980. The summed E-state index contributed by atoms with van der Waals surface area (Å²) in [5, 5.41) is 6.89. The molecule has 1 heterocycles. The van der Waals surface area contributed by atoms with Crippen molar-refractivity contribution >= 4 is 23.8 Å². The number of rotatable bonds is 2. The van der Waals surface area contributed by atoms with Crippen molar-refractivity contribution < 1.29 is 42.6 Å². The third-order valence-corrected chi connectivity index (χ3v) is 3.30. The van der Waals surface area contributed by atoms with Crippen molar-refractivity contribution in [3.63, 3.8) is 0 Å². The summed E-state index contributed by atoms with van der Waals surface area (Å²) in [4.78, 5) is 8.36. The minimum absolute atomic E-state index is 0. The molecular formula is C6H15N2O2P2Y-. The Morgan fingerprint density at radius 1 is 1.85 bits per heavy atom. The van der Waals surface area contributed by atoms with E-state index in [-0.39, 0.29) is 39.2 Å². The van der Waals surface area contributed by atoms with Crippen LogP contribution in [0.15, 0.2) is 0 Å². The number of hydrogen-bond donors (Lipinski definition) is 2. The Morgan fingerprint density at radius 3 is 2.62 bits per heavy atom. The molecule has 0 amide bonds. The Kier molecular flexibility index (Phi) is 14.7. The summed E-state index contributed by atoms with van der Waals surface area (Å²) < 4.78 is 2.32. The number of nitrogens with two attached hydrogens (primary N) is 1. The van der Waals surface area contributed by atoms with Crippen LogP contribution in [0.1, 0.15) is 6.42 Å². The standard InChI is InChI=1S/C5H13N2P2.CH2O2.Y/c6-3-5-1-2-7(4-5)9-8;2-1-3;/h2,5,9H,1,3-4,6,8H2;1H,(H,2,3);/q-1;;. The van der Waals surface area contributed by atoms with Gasteiger partial charge in [-0.2, -0.15) is 6.42 Å². The van der Waals surface area contributed by atoms with Crippen molar-refractivity contribution in [3.05, 3.63) is 6.54 Å². The van der Waals surface area contributed by atoms with E-state index in [0.717, 1.165) is 20.9 Å². The minimum atomic E-state index is -0.250. The van der Waals surface area contributed by atoms with E-state index >= 15 is 0 Å². The maximum atomic E-state index is 8.36. The van der Waals surface area contributed by atoms with Gasteiger partial charge in [0.1, 0.15) is 0 Å². The molecule has 0 aromatic rings. The molecule has 0 bridgehead atoms. The summed E-state index contributed by atoms with van der Waals surface area (Å²) >= 11 is 0. The average Bonchev–Trinajstić information content (AvgIpc) is 2.53. The van der Waals surface area contributed by atoms with Crippen LogP contribution in [-0.4, -0.2) is 29.3 Å². The largest absolute Gasteiger partial charge is 0.483 e. The van der Waals surface area contributed by atoms with Gasteiger partial charge in [0.05, 0.1) is 0 Å². The molecular weight excluding hydrogens is 283 g/mol. The van der Waals surface area contributed by atoms with Crippen LogP contribution >= 0.6 is 17.3 Å². The fraction of sp³-hybridized carbons (Fsp3) is 0.667. The first kappa shape index (κ1) is 16.8. The molecule has 0 aromatic heterocycles. The smallest absolute Gasteiger partial charge is 0.290 e. The molecule has 3 unspecified atom stereocenters. The first-order valence-electron chi connectivity index (χ1n) is 3.62. The quantitative estimate of drug-likeness (QED) is 0.443. The Morgan fingerprint density at radius 2 is 2.38 bits per heavy atom. The topological polar surface area (TPSA) is 66.6 Å². The van der Waals surface area contributed by atoms with Gasteiger partial charge in [-0.3, -0.25) is 11.3 Å². The second-order valence-corrected chi connectivity index (χ2v) is 4.01. The van der Waals surface area contributed by atoms with Gasteiger partial charge in [-0.1, -0.05) is 8.42 Å². The molecule has 1 aliphatic heterocycles. The molecule has 4 nitrogen and oxygen atoms in total. The summed E-state index contributed by atoms with van der Waals surface area (Å²) in [6, 6.07) is 0. The zero-order valence-electron chi connectivity index (χ0n) is 7.39. The molecule has 75 valence electrons. The molecule has 3 atom stereocenters. The Bertz CT molecular complexity index is 121. The molecule has 7 heteroatoms. The molecule has 0 saturated carbocycles. The van der Waals surface area contributed by atoms with Crippen LogP contribution in [0, 0.1) is 12.5 Å². The molecule has 0 aliphatic carbocycles. The molecule has 3 N–H and O–H groups in total. The van der Waals surface area contributed by atoms with Crippen LogP contribution in [0.25, 0.3) is 0 Å². The van der Waals surface area contributed by atoms with Crippen molar-refractivity contribution in [2.24, 2.45) is 11.7 Å². The summed E-state index contributed by atoms with van der Waals surface area (Å²) in [5.74, 6) is 0.720. The van der Waals surface area contributed by atoms with Crippen LogP contribution < -0.4 is 5.73 Å². The second kappa shape index (κ2) is 11.4. The summed E-state index contributed by atoms with van der Waals surface area (Å²) in [5.41, 5.74) is 5.50. The van der Waals surface area contributed by atoms with Gasteiger partial charge in [-0.05, 0) is 19.0 Å². The van der Waals surface area contributed by atoms with Gasteiger partial charge in [0.25, 0.3) is 6.47 Å². The maximum Gasteiger partial charge on any atom is 0.290 e. The molecule has 13 heavy (non-hydrogen) atoms. The number of hydrogen-bond acceptors (Lipinski definition) is 3. The van der Waals surface area contributed by atoms with Crippen LogP contribution in [0.4, 0.5) is 0 Å². The van der Waals surface area contributed by atoms with Crippen LogP contribution in [-0.2, 0) is 37.5 Å². The Hall–Kier alpha value is 1.35. The molecule has 0 spiro atoms. The third-order valence-electron chi connectivity index (χ3n) is 1.61. The summed E-state index contributed by atoms with van der Waals surface area (Å²) in [6.45, 7) is 4.00. The van der Waals surface area contributed by atoms with E-state index in [0.29, 0.717) is 0 Å². The van der Waals surface area contributed by atoms with Crippen molar-refractivity contribution in [2.75, 3.05) is 13.1 Å². The van der Waals surface area contributed by atoms with E-state index in [1.165, 1.54) is 13.0 Å². The first-order valence-corrected chi connectivity index (χ1v) is 6.38. The number of carboxylic acid groups (broad SMARTS) is 1.